The first-order valence-corrected chi connectivity index (χ1v) is 18.2. The molecule has 2 unspecified atom stereocenters. The third kappa shape index (κ3) is 7.00. The molecule has 2 fully saturated rings. The Kier molecular flexibility index (Phi) is 9.43. The number of aliphatic hydroxyl groups excluding tert-OH is 1. The third-order valence-corrected chi connectivity index (χ3v) is 11.4. The molecule has 1 aliphatic carbocycles. The van der Waals surface area contributed by atoms with Gasteiger partial charge < -0.3 is 10.0 Å². The standard InChI is InChI=1S/C40H46N6O5/c1-23-7-5-9-27-15-28(29-20-41-26(4)42-21-29)16-32-38(25(3)47)44-45(39(27)32)22-37(51)46-33(35(50)17-30-10-6-8-24(2)43-30)18-40(19-36(40)46)14-13-31(48)11-12-34(23)49/h6,8,10,15-16,20-21,23,33-34,36,49H,5,7,9,11-14,17-19,22H2,1-4H3/t23?,33-,34?,36+,40-/m0/s1. The molecule has 1 amide bonds. The number of ketones is 3. The van der Waals surface area contributed by atoms with Gasteiger partial charge in [0, 0.05) is 60.5 Å². The Bertz CT molecular complexity index is 2020. The number of Topliss-reactive ketones (excluding diaryl/α,β-unsaturated/α-hetero) is 3. The number of aliphatic hydroxyl groups is 1. The summed E-state index contributed by atoms with van der Waals surface area (Å²) < 4.78 is 1.65. The minimum atomic E-state index is -0.639. The number of pyridine rings is 1. The molecule has 51 heavy (non-hydrogen) atoms. The van der Waals surface area contributed by atoms with Gasteiger partial charge in [-0.25, -0.2) is 9.97 Å². The second-order valence-corrected chi connectivity index (χ2v) is 15.1. The number of carbonyl (C=O) groups excluding carboxylic acids is 4. The molecular weight excluding hydrogens is 644 g/mol. The molecule has 266 valence electrons. The minimum absolute atomic E-state index is 0.00964. The highest BCUT2D eigenvalue weighted by atomic mass is 16.3. The first-order chi connectivity index (χ1) is 24.4. The van der Waals surface area contributed by atoms with Crippen LogP contribution in [0.25, 0.3) is 22.0 Å². The minimum Gasteiger partial charge on any atom is -0.393 e. The average molecular weight is 691 g/mol. The van der Waals surface area contributed by atoms with E-state index < -0.39 is 12.1 Å². The largest absolute Gasteiger partial charge is 0.393 e. The van der Waals surface area contributed by atoms with Crippen LogP contribution in [0.15, 0.2) is 42.7 Å². The van der Waals surface area contributed by atoms with Crippen LogP contribution in [0.1, 0.15) is 98.5 Å². The highest BCUT2D eigenvalue weighted by molar-refractivity contribution is 6.07. The zero-order valence-electron chi connectivity index (χ0n) is 29.9. The Morgan fingerprint density at radius 3 is 2.53 bits per heavy atom. The number of aryl methyl sites for hydroxylation is 3. The summed E-state index contributed by atoms with van der Waals surface area (Å²) in [4.78, 5) is 69.7. The normalized spacial score (nSPS) is 25.7. The number of carbonyl (C=O) groups is 4. The molecule has 4 aromatic rings. The zero-order chi connectivity index (χ0) is 36.0. The van der Waals surface area contributed by atoms with E-state index in [1.54, 1.807) is 22.0 Å². The fraction of sp³-hybridized carbons (Fsp3) is 0.500. The van der Waals surface area contributed by atoms with Crippen molar-refractivity contribution in [1.82, 2.24) is 29.6 Å². The fourth-order valence-corrected chi connectivity index (χ4v) is 8.42. The van der Waals surface area contributed by atoms with E-state index >= 15 is 0 Å². The van der Waals surface area contributed by atoms with E-state index in [9.17, 15) is 24.3 Å². The molecule has 5 atom stereocenters. The topological polar surface area (TPSA) is 148 Å². The summed E-state index contributed by atoms with van der Waals surface area (Å²) in [5.74, 6) is 0.248. The SMILES string of the molecule is CC(=O)c1nn2c3c(cc(-c4cnc(C)nc4)cc13)CCCC(C)C(O)CCC(=O)CC[C@@]13C[C@@H](C(=O)Cc4cccc(C)n4)N(C(=O)C2)[C@@H]1C3. The number of aromatic nitrogens is 5. The van der Waals surface area contributed by atoms with Crippen LogP contribution >= 0.6 is 0 Å². The molecule has 2 aliphatic heterocycles. The number of nitrogens with zero attached hydrogens (tertiary/aromatic N) is 6. The third-order valence-electron chi connectivity index (χ3n) is 11.4. The van der Waals surface area contributed by atoms with E-state index in [4.69, 9.17) is 5.10 Å². The van der Waals surface area contributed by atoms with Crippen LogP contribution in [0.5, 0.6) is 0 Å². The summed E-state index contributed by atoms with van der Waals surface area (Å²) in [6.45, 7) is 7.08. The Labute approximate surface area is 297 Å². The lowest BCUT2D eigenvalue weighted by atomic mass is 9.89. The van der Waals surface area contributed by atoms with Gasteiger partial charge in [-0.2, -0.15) is 5.10 Å². The summed E-state index contributed by atoms with van der Waals surface area (Å²) in [5.41, 5.74) is 4.76. The van der Waals surface area contributed by atoms with Gasteiger partial charge in [0.05, 0.1) is 24.1 Å². The Balaban J connectivity index is 1.30. The first kappa shape index (κ1) is 34.8. The van der Waals surface area contributed by atoms with Crippen LogP contribution < -0.4 is 0 Å². The molecule has 0 spiro atoms. The molecule has 1 aromatic carbocycles. The molecule has 1 N–H and O–H groups in total. The predicted molar refractivity (Wildman–Crippen MR) is 191 cm³/mol. The number of hydrogen-bond donors (Lipinski definition) is 1. The number of piperidine rings is 1. The summed E-state index contributed by atoms with van der Waals surface area (Å²) in [5, 5.41) is 16.4. The Morgan fingerprint density at radius 1 is 1.00 bits per heavy atom. The van der Waals surface area contributed by atoms with Crippen molar-refractivity contribution < 1.29 is 24.3 Å². The maximum absolute atomic E-state index is 14.5. The summed E-state index contributed by atoms with van der Waals surface area (Å²) in [7, 11) is 0. The highest BCUT2D eigenvalue weighted by Crippen LogP contribution is 2.62. The smallest absolute Gasteiger partial charge is 0.245 e. The predicted octanol–water partition coefficient (Wildman–Crippen LogP) is 5.34. The average Bonchev–Trinajstić information content (AvgIpc) is 3.51. The van der Waals surface area contributed by atoms with Crippen LogP contribution in [-0.2, 0) is 33.8 Å². The van der Waals surface area contributed by atoms with E-state index in [-0.39, 0.29) is 59.3 Å². The van der Waals surface area contributed by atoms with Crippen LogP contribution in [0.3, 0.4) is 0 Å². The molecule has 3 aromatic heterocycles. The lowest BCUT2D eigenvalue weighted by molar-refractivity contribution is -0.139. The molecular formula is C40H46N6O5. The van der Waals surface area contributed by atoms with E-state index in [1.165, 1.54) is 6.92 Å². The molecule has 1 saturated heterocycles. The molecule has 1 saturated carbocycles. The lowest BCUT2D eigenvalue weighted by Crippen LogP contribution is -2.45. The highest BCUT2D eigenvalue weighted by Gasteiger charge is 2.66. The number of benzene rings is 1. The molecule has 2 bridgehead atoms. The molecule has 11 nitrogen and oxygen atoms in total. The van der Waals surface area contributed by atoms with Crippen molar-refractivity contribution in [1.29, 1.82) is 0 Å². The lowest BCUT2D eigenvalue weighted by Gasteiger charge is -2.27. The molecule has 7 rings (SSSR count). The van der Waals surface area contributed by atoms with E-state index in [0.717, 1.165) is 47.2 Å². The van der Waals surface area contributed by atoms with Crippen LogP contribution in [0, 0.1) is 25.2 Å². The molecule has 3 aliphatic rings. The molecule has 11 heteroatoms. The second-order valence-electron chi connectivity index (χ2n) is 15.1. The number of amides is 1. The first-order valence-electron chi connectivity index (χ1n) is 18.2. The fourth-order valence-electron chi connectivity index (χ4n) is 8.42. The van der Waals surface area contributed by atoms with Crippen molar-refractivity contribution in [3.8, 4) is 11.1 Å². The number of hydrogen-bond acceptors (Lipinski definition) is 9. The van der Waals surface area contributed by atoms with E-state index in [1.807, 2.05) is 45.0 Å². The zero-order valence-corrected chi connectivity index (χ0v) is 29.9. The van der Waals surface area contributed by atoms with Crippen molar-refractivity contribution in [2.75, 3.05) is 0 Å². The Morgan fingerprint density at radius 2 is 1.78 bits per heavy atom. The maximum Gasteiger partial charge on any atom is 0.245 e. The number of rotatable bonds is 5. The van der Waals surface area contributed by atoms with Crippen LogP contribution in [-0.4, -0.2) is 76.2 Å². The van der Waals surface area contributed by atoms with Gasteiger partial charge in [-0.05, 0) is 106 Å². The van der Waals surface area contributed by atoms with Gasteiger partial charge >= 0.3 is 0 Å². The van der Waals surface area contributed by atoms with Crippen LogP contribution in [0.2, 0.25) is 0 Å². The van der Waals surface area contributed by atoms with Crippen molar-refractivity contribution in [2.45, 2.75) is 117 Å². The van der Waals surface area contributed by atoms with Gasteiger partial charge in [0.25, 0.3) is 0 Å². The van der Waals surface area contributed by atoms with Gasteiger partial charge in [-0.1, -0.05) is 13.0 Å². The molecule has 0 radical (unpaired) electrons. The van der Waals surface area contributed by atoms with Gasteiger partial charge in [0.15, 0.2) is 11.6 Å². The van der Waals surface area contributed by atoms with Crippen molar-refractivity contribution in [3.63, 3.8) is 0 Å². The molecule has 5 heterocycles. The van der Waals surface area contributed by atoms with Crippen molar-refractivity contribution in [2.24, 2.45) is 11.3 Å². The van der Waals surface area contributed by atoms with E-state index in [0.29, 0.717) is 55.4 Å². The van der Waals surface area contributed by atoms with Gasteiger partial charge in [-0.3, -0.25) is 28.8 Å². The van der Waals surface area contributed by atoms with Crippen LogP contribution in [0.4, 0.5) is 0 Å². The quantitative estimate of drug-likeness (QED) is 0.274. The monoisotopic (exact) mass is 690 g/mol. The summed E-state index contributed by atoms with van der Waals surface area (Å²) >= 11 is 0. The second kappa shape index (κ2) is 13.8. The van der Waals surface area contributed by atoms with Crippen molar-refractivity contribution >= 4 is 34.2 Å². The van der Waals surface area contributed by atoms with Crippen molar-refractivity contribution in [3.05, 3.63) is 71.2 Å². The summed E-state index contributed by atoms with van der Waals surface area (Å²) in [6.07, 6.45) is 8.07. The summed E-state index contributed by atoms with van der Waals surface area (Å²) in [6, 6.07) is 8.80. The van der Waals surface area contributed by atoms with Gasteiger partial charge in [-0.15, -0.1) is 0 Å². The van der Waals surface area contributed by atoms with Gasteiger partial charge in [0.1, 0.15) is 23.8 Å². The maximum atomic E-state index is 14.5. The Hall–Kier alpha value is -4.64. The van der Waals surface area contributed by atoms with E-state index in [2.05, 4.69) is 21.0 Å². The van der Waals surface area contributed by atoms with Gasteiger partial charge in [0.2, 0.25) is 5.91 Å².